The maximum atomic E-state index is 11.6. The van der Waals surface area contributed by atoms with E-state index in [0.717, 1.165) is 18.7 Å². The van der Waals surface area contributed by atoms with Crippen LogP contribution in [0.15, 0.2) is 18.3 Å². The quantitative estimate of drug-likeness (QED) is 0.873. The molecule has 0 aromatic carbocycles. The Hall–Kier alpha value is -2.51. The third-order valence-electron chi connectivity index (χ3n) is 4.15. The number of rotatable bonds is 2. The molecule has 8 heteroatoms. The molecule has 0 aliphatic carbocycles. The van der Waals surface area contributed by atoms with Gasteiger partial charge in [0.2, 0.25) is 5.95 Å². The first kappa shape index (κ1) is 15.4. The lowest BCUT2D eigenvalue weighted by atomic mass is 10.0. The van der Waals surface area contributed by atoms with Crippen LogP contribution in [0.4, 0.5) is 16.4 Å². The number of aromatic nitrogens is 3. The summed E-state index contributed by atoms with van der Waals surface area (Å²) in [6.45, 7) is 7.25. The summed E-state index contributed by atoms with van der Waals surface area (Å²) in [5.74, 6) is 0.242. The lowest BCUT2D eigenvalue weighted by Crippen LogP contribution is -2.52. The fourth-order valence-electron chi connectivity index (χ4n) is 3.25. The van der Waals surface area contributed by atoms with Crippen molar-refractivity contribution in [3.8, 4) is 0 Å². The molecule has 1 unspecified atom stereocenters. The van der Waals surface area contributed by atoms with Gasteiger partial charge in [-0.1, -0.05) is 0 Å². The summed E-state index contributed by atoms with van der Waals surface area (Å²) >= 11 is 0. The fourth-order valence-corrected chi connectivity index (χ4v) is 3.25. The first-order chi connectivity index (χ1) is 10.8. The number of anilines is 2. The molecule has 3 rings (SSSR count). The smallest absolute Gasteiger partial charge is 0.408 e. The highest BCUT2D eigenvalue weighted by Gasteiger charge is 2.37. The summed E-state index contributed by atoms with van der Waals surface area (Å²) in [5.41, 5.74) is 6.88. The van der Waals surface area contributed by atoms with Crippen molar-refractivity contribution in [1.29, 1.82) is 0 Å². The average molecular weight is 318 g/mol. The van der Waals surface area contributed by atoms with Crippen molar-refractivity contribution in [1.82, 2.24) is 19.5 Å². The van der Waals surface area contributed by atoms with E-state index in [1.54, 1.807) is 9.42 Å². The SMILES string of the molecule is CC(C)(C)N(C(=O)O)C1CCN(c2ccc3nc(N)nn3c2)C1. The van der Waals surface area contributed by atoms with Gasteiger partial charge in [0.1, 0.15) is 0 Å². The van der Waals surface area contributed by atoms with Gasteiger partial charge in [-0.05, 0) is 39.3 Å². The molecule has 23 heavy (non-hydrogen) atoms. The normalized spacial score (nSPS) is 18.6. The number of hydrogen-bond acceptors (Lipinski definition) is 5. The number of hydrogen-bond donors (Lipinski definition) is 2. The molecule has 0 bridgehead atoms. The van der Waals surface area contributed by atoms with E-state index in [1.807, 2.05) is 39.1 Å². The Labute approximate surface area is 134 Å². The number of nitrogens with two attached hydrogens (primary N) is 1. The Bertz CT molecular complexity index is 735. The first-order valence-electron chi connectivity index (χ1n) is 7.65. The van der Waals surface area contributed by atoms with Crippen molar-refractivity contribution in [2.75, 3.05) is 23.7 Å². The van der Waals surface area contributed by atoms with Crippen LogP contribution in [0.3, 0.4) is 0 Å². The van der Waals surface area contributed by atoms with Gasteiger partial charge in [-0.3, -0.25) is 4.90 Å². The molecular formula is C15H22N6O2. The Kier molecular flexibility index (Phi) is 3.54. The topological polar surface area (TPSA) is 100.0 Å². The monoisotopic (exact) mass is 318 g/mol. The summed E-state index contributed by atoms with van der Waals surface area (Å²) in [7, 11) is 0. The third-order valence-corrected chi connectivity index (χ3v) is 4.15. The van der Waals surface area contributed by atoms with Gasteiger partial charge in [0, 0.05) is 18.6 Å². The molecule has 124 valence electrons. The zero-order valence-electron chi connectivity index (χ0n) is 13.6. The van der Waals surface area contributed by atoms with Crippen LogP contribution in [0.5, 0.6) is 0 Å². The summed E-state index contributed by atoms with van der Waals surface area (Å²) in [6.07, 6.45) is 1.81. The van der Waals surface area contributed by atoms with Crippen LogP contribution in [0.2, 0.25) is 0 Å². The second-order valence-corrected chi connectivity index (χ2v) is 6.87. The number of carbonyl (C=O) groups is 1. The van der Waals surface area contributed by atoms with Gasteiger partial charge in [0.05, 0.1) is 17.9 Å². The molecule has 8 nitrogen and oxygen atoms in total. The van der Waals surface area contributed by atoms with Crippen molar-refractivity contribution < 1.29 is 9.90 Å². The minimum atomic E-state index is -0.871. The molecule has 1 amide bonds. The van der Waals surface area contributed by atoms with Crippen LogP contribution in [0, 0.1) is 0 Å². The minimum absolute atomic E-state index is 0.0241. The van der Waals surface area contributed by atoms with Gasteiger partial charge in [-0.25, -0.2) is 9.31 Å². The predicted molar refractivity (Wildman–Crippen MR) is 87.6 cm³/mol. The highest BCUT2D eigenvalue weighted by molar-refractivity contribution is 5.67. The van der Waals surface area contributed by atoms with Gasteiger partial charge < -0.3 is 15.7 Å². The molecule has 3 heterocycles. The van der Waals surface area contributed by atoms with Crippen LogP contribution in [-0.2, 0) is 0 Å². The van der Waals surface area contributed by atoms with Crippen molar-refractivity contribution in [3.63, 3.8) is 0 Å². The van der Waals surface area contributed by atoms with E-state index in [2.05, 4.69) is 15.0 Å². The Morgan fingerprint density at radius 3 is 2.83 bits per heavy atom. The molecule has 1 atom stereocenters. The zero-order chi connectivity index (χ0) is 16.8. The average Bonchev–Trinajstić information content (AvgIpc) is 3.01. The Morgan fingerprint density at radius 1 is 1.43 bits per heavy atom. The lowest BCUT2D eigenvalue weighted by Gasteiger charge is -2.38. The van der Waals surface area contributed by atoms with E-state index in [-0.39, 0.29) is 12.0 Å². The molecule has 0 saturated carbocycles. The molecule has 1 saturated heterocycles. The van der Waals surface area contributed by atoms with Crippen molar-refractivity contribution >= 4 is 23.4 Å². The lowest BCUT2D eigenvalue weighted by molar-refractivity contribution is 0.0763. The molecule has 1 aliphatic heterocycles. The Balaban J connectivity index is 1.81. The maximum absolute atomic E-state index is 11.6. The van der Waals surface area contributed by atoms with E-state index in [9.17, 15) is 9.90 Å². The standard InChI is InChI=1S/C15H22N6O2/c1-15(2,3)21(14(22)23)11-6-7-19(8-11)10-4-5-12-17-13(16)18-20(12)9-10/h4-5,9,11H,6-8H2,1-3H3,(H2,16,18)(H,22,23). The summed E-state index contributed by atoms with van der Waals surface area (Å²) in [6, 6.07) is 3.81. The van der Waals surface area contributed by atoms with Gasteiger partial charge in [-0.2, -0.15) is 4.98 Å². The summed E-state index contributed by atoms with van der Waals surface area (Å²) < 4.78 is 1.65. The first-order valence-corrected chi connectivity index (χ1v) is 7.65. The predicted octanol–water partition coefficient (Wildman–Crippen LogP) is 1.67. The van der Waals surface area contributed by atoms with Gasteiger partial charge >= 0.3 is 6.09 Å². The third kappa shape index (κ3) is 2.88. The van der Waals surface area contributed by atoms with Crippen LogP contribution in [0.1, 0.15) is 27.2 Å². The zero-order valence-corrected chi connectivity index (χ0v) is 13.6. The van der Waals surface area contributed by atoms with Crippen LogP contribution >= 0.6 is 0 Å². The Morgan fingerprint density at radius 2 is 2.17 bits per heavy atom. The highest BCUT2D eigenvalue weighted by atomic mass is 16.4. The fraction of sp³-hybridized carbons (Fsp3) is 0.533. The molecule has 2 aromatic heterocycles. The van der Waals surface area contributed by atoms with E-state index in [0.29, 0.717) is 12.2 Å². The van der Waals surface area contributed by atoms with Crippen LogP contribution < -0.4 is 10.6 Å². The molecule has 1 aliphatic rings. The number of pyridine rings is 1. The molecule has 1 fully saturated rings. The van der Waals surface area contributed by atoms with E-state index in [1.165, 1.54) is 0 Å². The second kappa shape index (κ2) is 5.29. The molecular weight excluding hydrogens is 296 g/mol. The number of carboxylic acid groups (broad SMARTS) is 1. The van der Waals surface area contributed by atoms with Crippen molar-refractivity contribution in [2.45, 2.75) is 38.8 Å². The highest BCUT2D eigenvalue weighted by Crippen LogP contribution is 2.27. The second-order valence-electron chi connectivity index (χ2n) is 6.87. The van der Waals surface area contributed by atoms with Gasteiger partial charge in [0.15, 0.2) is 5.65 Å². The van der Waals surface area contributed by atoms with Gasteiger partial charge in [-0.15, -0.1) is 5.10 Å². The molecule has 2 aromatic rings. The number of nitrogen functional groups attached to an aromatic ring is 1. The largest absolute Gasteiger partial charge is 0.465 e. The summed E-state index contributed by atoms with van der Waals surface area (Å²) in [4.78, 5) is 19.5. The number of nitrogens with zero attached hydrogens (tertiary/aromatic N) is 5. The van der Waals surface area contributed by atoms with Crippen LogP contribution in [-0.4, -0.2) is 55.4 Å². The van der Waals surface area contributed by atoms with Gasteiger partial charge in [0.25, 0.3) is 0 Å². The number of fused-ring (bicyclic) bond motifs is 1. The molecule has 0 spiro atoms. The molecule has 3 N–H and O–H groups in total. The maximum Gasteiger partial charge on any atom is 0.408 e. The van der Waals surface area contributed by atoms with Crippen molar-refractivity contribution in [2.24, 2.45) is 0 Å². The molecule has 0 radical (unpaired) electrons. The van der Waals surface area contributed by atoms with Crippen molar-refractivity contribution in [3.05, 3.63) is 18.3 Å². The minimum Gasteiger partial charge on any atom is -0.465 e. The summed E-state index contributed by atoms with van der Waals surface area (Å²) in [5, 5.41) is 13.7. The number of amides is 1. The van der Waals surface area contributed by atoms with E-state index < -0.39 is 11.6 Å². The van der Waals surface area contributed by atoms with E-state index >= 15 is 0 Å². The van der Waals surface area contributed by atoms with Crippen LogP contribution in [0.25, 0.3) is 5.65 Å². The van der Waals surface area contributed by atoms with E-state index in [4.69, 9.17) is 5.73 Å².